The summed E-state index contributed by atoms with van der Waals surface area (Å²) in [5, 5.41) is 13.8. The lowest BCUT2D eigenvalue weighted by atomic mass is 10.3. The third-order valence-corrected chi connectivity index (χ3v) is 4.96. The van der Waals surface area contributed by atoms with Gasteiger partial charge in [0.15, 0.2) is 0 Å². The van der Waals surface area contributed by atoms with Gasteiger partial charge in [-0.1, -0.05) is 12.1 Å². The van der Waals surface area contributed by atoms with E-state index in [1.54, 1.807) is 22.0 Å². The van der Waals surface area contributed by atoms with Crippen LogP contribution in [0.25, 0.3) is 0 Å². The average Bonchev–Trinajstić information content (AvgIpc) is 2.95. The van der Waals surface area contributed by atoms with Crippen molar-refractivity contribution in [1.82, 2.24) is 0 Å². The number of nitrogens with zero attached hydrogens (tertiary/aromatic N) is 1. The zero-order valence-corrected chi connectivity index (χ0v) is 12.5. The van der Waals surface area contributed by atoms with Crippen molar-refractivity contribution in [3.05, 3.63) is 41.3 Å². The number of hydrogen-bond donors (Lipinski definition) is 2. The van der Waals surface area contributed by atoms with E-state index in [9.17, 15) is 9.59 Å². The highest BCUT2D eigenvalue weighted by Crippen LogP contribution is 2.35. The highest BCUT2D eigenvalue weighted by Gasteiger charge is 2.24. The van der Waals surface area contributed by atoms with E-state index in [0.29, 0.717) is 11.5 Å². The minimum Gasteiger partial charge on any atom is -0.478 e. The van der Waals surface area contributed by atoms with Gasteiger partial charge in [-0.25, -0.2) is 9.59 Å². The SMILES string of the molecule is O=C(O)c1ccsc1NC(=O)N1CCSc2ccccc21. The summed E-state index contributed by atoms with van der Waals surface area (Å²) >= 11 is 2.92. The van der Waals surface area contributed by atoms with Crippen LogP contribution in [0.4, 0.5) is 15.5 Å². The van der Waals surface area contributed by atoms with Crippen molar-refractivity contribution in [3.8, 4) is 0 Å². The van der Waals surface area contributed by atoms with Crippen LogP contribution < -0.4 is 10.2 Å². The monoisotopic (exact) mass is 320 g/mol. The van der Waals surface area contributed by atoms with Crippen LogP contribution in [0, 0.1) is 0 Å². The molecule has 1 aromatic carbocycles. The molecule has 0 saturated heterocycles. The predicted octanol–water partition coefficient (Wildman–Crippen LogP) is 3.59. The highest BCUT2D eigenvalue weighted by molar-refractivity contribution is 7.99. The fourth-order valence-corrected chi connectivity index (χ4v) is 3.88. The number of nitrogens with one attached hydrogen (secondary N) is 1. The number of para-hydroxylation sites is 1. The second-order valence-electron chi connectivity index (χ2n) is 4.37. The summed E-state index contributed by atoms with van der Waals surface area (Å²) in [6.07, 6.45) is 0. The van der Waals surface area contributed by atoms with Crippen molar-refractivity contribution in [2.45, 2.75) is 4.90 Å². The molecule has 2 N–H and O–H groups in total. The van der Waals surface area contributed by atoms with Gasteiger partial charge in [-0.05, 0) is 23.6 Å². The van der Waals surface area contributed by atoms with E-state index < -0.39 is 5.97 Å². The molecule has 0 unspecified atom stereocenters. The Morgan fingerprint density at radius 3 is 2.86 bits per heavy atom. The van der Waals surface area contributed by atoms with Gasteiger partial charge in [0.25, 0.3) is 0 Å². The lowest BCUT2D eigenvalue weighted by Crippen LogP contribution is -2.38. The quantitative estimate of drug-likeness (QED) is 0.887. The number of urea groups is 1. The Kier molecular flexibility index (Phi) is 3.85. The van der Waals surface area contributed by atoms with Crippen molar-refractivity contribution < 1.29 is 14.7 Å². The van der Waals surface area contributed by atoms with Crippen molar-refractivity contribution in [2.24, 2.45) is 0 Å². The zero-order valence-electron chi connectivity index (χ0n) is 10.9. The number of carbonyl (C=O) groups excluding carboxylic acids is 1. The second-order valence-corrected chi connectivity index (χ2v) is 6.42. The molecule has 1 aliphatic rings. The van der Waals surface area contributed by atoms with Crippen molar-refractivity contribution in [2.75, 3.05) is 22.5 Å². The highest BCUT2D eigenvalue weighted by atomic mass is 32.2. The number of hydrogen-bond acceptors (Lipinski definition) is 4. The third-order valence-electron chi connectivity index (χ3n) is 3.09. The number of thiophene rings is 1. The molecule has 2 aromatic rings. The summed E-state index contributed by atoms with van der Waals surface area (Å²) in [5.74, 6) is -0.221. The fourth-order valence-electron chi connectivity index (χ4n) is 2.12. The zero-order chi connectivity index (χ0) is 14.8. The van der Waals surface area contributed by atoms with E-state index in [1.807, 2.05) is 24.3 Å². The maximum Gasteiger partial charge on any atom is 0.338 e. The summed E-state index contributed by atoms with van der Waals surface area (Å²) in [5.41, 5.74) is 0.979. The van der Waals surface area contributed by atoms with Gasteiger partial charge in [0, 0.05) is 17.2 Å². The summed E-state index contributed by atoms with van der Waals surface area (Å²) in [6, 6.07) is 8.89. The number of amides is 2. The molecule has 2 amide bonds. The minimum atomic E-state index is -1.04. The molecule has 0 fully saturated rings. The van der Waals surface area contributed by atoms with Gasteiger partial charge in [-0.2, -0.15) is 0 Å². The van der Waals surface area contributed by atoms with Crippen LogP contribution in [0.1, 0.15) is 10.4 Å². The Bertz CT molecular complexity index is 699. The summed E-state index contributed by atoms with van der Waals surface area (Å²) in [6.45, 7) is 0.599. The number of carboxylic acid groups (broad SMARTS) is 1. The van der Waals surface area contributed by atoms with E-state index >= 15 is 0 Å². The number of carboxylic acids is 1. The maximum atomic E-state index is 12.4. The molecule has 0 atom stereocenters. The molecule has 108 valence electrons. The smallest absolute Gasteiger partial charge is 0.338 e. The van der Waals surface area contributed by atoms with E-state index in [0.717, 1.165) is 16.3 Å². The Balaban J connectivity index is 1.84. The Morgan fingerprint density at radius 1 is 1.24 bits per heavy atom. The molecular formula is C14H12N2O3S2. The van der Waals surface area contributed by atoms with Gasteiger partial charge in [0.1, 0.15) is 5.00 Å². The molecule has 1 aromatic heterocycles. The molecule has 21 heavy (non-hydrogen) atoms. The third kappa shape index (κ3) is 2.74. The first-order valence-corrected chi connectivity index (χ1v) is 8.14. The number of carbonyl (C=O) groups is 2. The van der Waals surface area contributed by atoms with Crippen LogP contribution in [0.2, 0.25) is 0 Å². The van der Waals surface area contributed by atoms with Gasteiger partial charge in [-0.15, -0.1) is 23.1 Å². The summed E-state index contributed by atoms with van der Waals surface area (Å²) in [7, 11) is 0. The average molecular weight is 320 g/mol. The van der Waals surface area contributed by atoms with Gasteiger partial charge in [0.05, 0.1) is 11.3 Å². The molecule has 0 spiro atoms. The van der Waals surface area contributed by atoms with Crippen LogP contribution in [0.3, 0.4) is 0 Å². The normalized spacial score (nSPS) is 13.6. The van der Waals surface area contributed by atoms with Crippen LogP contribution >= 0.6 is 23.1 Å². The minimum absolute atomic E-state index is 0.119. The van der Waals surface area contributed by atoms with Crippen LogP contribution in [-0.4, -0.2) is 29.4 Å². The molecule has 7 heteroatoms. The number of thioether (sulfide) groups is 1. The van der Waals surface area contributed by atoms with Gasteiger partial charge in [-0.3, -0.25) is 10.2 Å². The van der Waals surface area contributed by atoms with Crippen LogP contribution in [-0.2, 0) is 0 Å². The van der Waals surface area contributed by atoms with E-state index in [-0.39, 0.29) is 11.6 Å². The van der Waals surface area contributed by atoms with E-state index in [4.69, 9.17) is 5.11 Å². The molecule has 0 saturated carbocycles. The Hall–Kier alpha value is -1.99. The molecule has 2 heterocycles. The largest absolute Gasteiger partial charge is 0.478 e. The number of aromatic carboxylic acids is 1. The Labute approximate surface area is 129 Å². The van der Waals surface area contributed by atoms with Crippen molar-refractivity contribution in [1.29, 1.82) is 0 Å². The Morgan fingerprint density at radius 2 is 2.05 bits per heavy atom. The fraction of sp³-hybridized carbons (Fsp3) is 0.143. The predicted molar refractivity (Wildman–Crippen MR) is 84.8 cm³/mol. The number of benzene rings is 1. The molecule has 0 radical (unpaired) electrons. The summed E-state index contributed by atoms with van der Waals surface area (Å²) in [4.78, 5) is 26.2. The van der Waals surface area contributed by atoms with E-state index in [2.05, 4.69) is 5.32 Å². The lowest BCUT2D eigenvalue weighted by Gasteiger charge is -2.28. The van der Waals surface area contributed by atoms with E-state index in [1.165, 1.54) is 17.4 Å². The first-order valence-electron chi connectivity index (χ1n) is 6.28. The van der Waals surface area contributed by atoms with Crippen LogP contribution in [0.15, 0.2) is 40.6 Å². The van der Waals surface area contributed by atoms with Gasteiger partial charge in [0.2, 0.25) is 0 Å². The molecule has 0 aliphatic carbocycles. The molecule has 0 bridgehead atoms. The molecular weight excluding hydrogens is 308 g/mol. The van der Waals surface area contributed by atoms with Gasteiger partial charge >= 0.3 is 12.0 Å². The topological polar surface area (TPSA) is 69.6 Å². The van der Waals surface area contributed by atoms with Gasteiger partial charge < -0.3 is 5.11 Å². The first kappa shape index (κ1) is 14.0. The number of anilines is 2. The van der Waals surface area contributed by atoms with Crippen molar-refractivity contribution >= 4 is 45.8 Å². The second kappa shape index (κ2) is 5.79. The van der Waals surface area contributed by atoms with Crippen molar-refractivity contribution in [3.63, 3.8) is 0 Å². The molecule has 3 rings (SSSR count). The number of fused-ring (bicyclic) bond motifs is 1. The molecule has 5 nitrogen and oxygen atoms in total. The first-order chi connectivity index (χ1) is 10.2. The van der Waals surface area contributed by atoms with Crippen LogP contribution in [0.5, 0.6) is 0 Å². The maximum absolute atomic E-state index is 12.4. The summed E-state index contributed by atoms with van der Waals surface area (Å²) < 4.78 is 0. The molecule has 1 aliphatic heterocycles. The lowest BCUT2D eigenvalue weighted by molar-refractivity contribution is 0.0698. The standard InChI is InChI=1S/C14H12N2O3S2/c17-13(18)9-5-7-21-12(9)15-14(19)16-6-8-20-11-4-2-1-3-10(11)16/h1-5,7H,6,8H2,(H,15,19)(H,17,18). The number of rotatable bonds is 2.